The number of ether oxygens (including phenoxy) is 1. The highest BCUT2D eigenvalue weighted by Crippen LogP contribution is 2.26. The van der Waals surface area contributed by atoms with Gasteiger partial charge in [-0.2, -0.15) is 0 Å². The molecule has 3 N–H and O–H groups in total. The first kappa shape index (κ1) is 16.4. The maximum atomic E-state index is 7.96. The molecular weight excluding hydrogens is 322 g/mol. The van der Waals surface area contributed by atoms with Crippen LogP contribution in [0.5, 0.6) is 0 Å². The Balaban J connectivity index is 2.37. The van der Waals surface area contributed by atoms with Gasteiger partial charge in [-0.1, -0.05) is 23.5 Å². The fourth-order valence-corrected chi connectivity index (χ4v) is 2.08. The third kappa shape index (κ3) is 3.80. The maximum Gasteiger partial charge on any atom is 0.276 e. The molecule has 0 fully saturated rings. The van der Waals surface area contributed by atoms with Gasteiger partial charge in [0, 0.05) is 23.9 Å². The zero-order chi connectivity index (χ0) is 16.1. The predicted octanol–water partition coefficient (Wildman–Crippen LogP) is 3.14. The monoisotopic (exact) mass is 337 g/mol. The van der Waals surface area contributed by atoms with Crippen LogP contribution in [0.15, 0.2) is 27.8 Å². The fourth-order valence-electron chi connectivity index (χ4n) is 1.63. The number of thioether (sulfide) groups is 2. The standard InChI is InChI=1S/C13H15N5O2S2/c1-16-9-5-7(10(14)19-12(15)21-2)4-8(6-9)11-17-18-13(20-11)22-3/h4-6,14-16H,1-3H3. The average Bonchev–Trinajstić information content (AvgIpc) is 3.03. The van der Waals surface area contributed by atoms with Gasteiger partial charge in [0.25, 0.3) is 5.22 Å². The van der Waals surface area contributed by atoms with Gasteiger partial charge < -0.3 is 14.5 Å². The number of hydrogen-bond acceptors (Lipinski definition) is 9. The number of aromatic nitrogens is 2. The molecule has 0 aliphatic heterocycles. The van der Waals surface area contributed by atoms with Gasteiger partial charge in [-0.15, -0.1) is 10.2 Å². The number of anilines is 1. The molecule has 2 aromatic rings. The number of hydrogen-bond donors (Lipinski definition) is 3. The van der Waals surface area contributed by atoms with E-state index in [2.05, 4.69) is 15.5 Å². The predicted molar refractivity (Wildman–Crippen MR) is 90.2 cm³/mol. The number of nitrogens with one attached hydrogen (secondary N) is 3. The van der Waals surface area contributed by atoms with Crippen LogP contribution in [0.1, 0.15) is 5.56 Å². The summed E-state index contributed by atoms with van der Waals surface area (Å²) >= 11 is 2.49. The summed E-state index contributed by atoms with van der Waals surface area (Å²) in [5.74, 6) is 0.262. The molecule has 0 radical (unpaired) electrons. The lowest BCUT2D eigenvalue weighted by molar-refractivity contribution is 0.466. The van der Waals surface area contributed by atoms with Crippen molar-refractivity contribution in [3.63, 3.8) is 0 Å². The molecule has 0 saturated carbocycles. The Labute approximate surface area is 136 Å². The van der Waals surface area contributed by atoms with Crippen molar-refractivity contribution in [1.29, 1.82) is 10.8 Å². The van der Waals surface area contributed by atoms with Crippen LogP contribution in [-0.4, -0.2) is 40.9 Å². The van der Waals surface area contributed by atoms with Gasteiger partial charge in [-0.3, -0.25) is 10.8 Å². The molecule has 2 rings (SSSR count). The Hall–Kier alpha value is -2.00. The van der Waals surface area contributed by atoms with E-state index >= 15 is 0 Å². The Morgan fingerprint density at radius 3 is 2.59 bits per heavy atom. The van der Waals surface area contributed by atoms with E-state index in [0.29, 0.717) is 22.2 Å². The Morgan fingerprint density at radius 1 is 1.23 bits per heavy atom. The van der Waals surface area contributed by atoms with E-state index < -0.39 is 0 Å². The summed E-state index contributed by atoms with van der Waals surface area (Å²) in [6, 6.07) is 5.31. The summed E-state index contributed by atoms with van der Waals surface area (Å²) in [5, 5.41) is 26.8. The smallest absolute Gasteiger partial charge is 0.276 e. The molecule has 0 saturated heterocycles. The van der Waals surface area contributed by atoms with Crippen LogP contribution >= 0.6 is 23.5 Å². The zero-order valence-corrected chi connectivity index (χ0v) is 13.9. The molecule has 0 spiro atoms. The molecule has 7 nitrogen and oxygen atoms in total. The van der Waals surface area contributed by atoms with Crippen molar-refractivity contribution in [2.75, 3.05) is 24.9 Å². The molecule has 1 aromatic heterocycles. The van der Waals surface area contributed by atoms with Gasteiger partial charge in [0.2, 0.25) is 17.0 Å². The van der Waals surface area contributed by atoms with E-state index in [1.54, 1.807) is 25.4 Å². The van der Waals surface area contributed by atoms with Gasteiger partial charge in [0.1, 0.15) is 0 Å². The van der Waals surface area contributed by atoms with E-state index in [-0.39, 0.29) is 11.1 Å². The minimum Gasteiger partial charge on any atom is -0.415 e. The summed E-state index contributed by atoms with van der Waals surface area (Å²) in [6.45, 7) is 0. The molecule has 116 valence electrons. The second-order valence-corrected chi connectivity index (χ2v) is 5.59. The van der Waals surface area contributed by atoms with Gasteiger partial charge in [0.05, 0.1) is 0 Å². The van der Waals surface area contributed by atoms with E-state index in [4.69, 9.17) is 20.0 Å². The van der Waals surface area contributed by atoms with Gasteiger partial charge in [-0.25, -0.2) is 0 Å². The SMILES string of the molecule is CNc1cc(C(=N)OC(=N)SC)cc(-c2nnc(SC)o2)c1. The van der Waals surface area contributed by atoms with Crippen LogP contribution in [0, 0.1) is 10.8 Å². The van der Waals surface area contributed by atoms with Crippen molar-refractivity contribution in [2.45, 2.75) is 5.22 Å². The normalized spacial score (nSPS) is 10.3. The Bertz CT molecular complexity index is 701. The minimum atomic E-state index is -0.109. The summed E-state index contributed by atoms with van der Waals surface area (Å²) < 4.78 is 10.6. The van der Waals surface area contributed by atoms with Crippen molar-refractivity contribution in [1.82, 2.24) is 10.2 Å². The van der Waals surface area contributed by atoms with E-state index in [1.807, 2.05) is 12.3 Å². The summed E-state index contributed by atoms with van der Waals surface area (Å²) in [4.78, 5) is 0. The van der Waals surface area contributed by atoms with Gasteiger partial charge >= 0.3 is 0 Å². The van der Waals surface area contributed by atoms with Crippen molar-refractivity contribution in [2.24, 2.45) is 0 Å². The molecule has 22 heavy (non-hydrogen) atoms. The van der Waals surface area contributed by atoms with Crippen LogP contribution < -0.4 is 5.32 Å². The fraction of sp³-hybridized carbons (Fsp3) is 0.231. The number of nitrogens with zero attached hydrogens (tertiary/aromatic N) is 2. The Morgan fingerprint density at radius 2 is 2.00 bits per heavy atom. The molecule has 0 unspecified atom stereocenters. The second-order valence-electron chi connectivity index (χ2n) is 4.05. The molecule has 1 heterocycles. The summed E-state index contributed by atoms with van der Waals surface area (Å²) in [5.41, 5.74) is 1.98. The first-order chi connectivity index (χ1) is 10.6. The highest BCUT2D eigenvalue weighted by Gasteiger charge is 2.13. The van der Waals surface area contributed by atoms with Crippen molar-refractivity contribution in [3.8, 4) is 11.5 Å². The third-order valence-corrected chi connectivity index (χ3v) is 3.66. The van der Waals surface area contributed by atoms with Gasteiger partial charge in [0.15, 0.2) is 0 Å². The second kappa shape index (κ2) is 7.32. The average molecular weight is 337 g/mol. The molecule has 9 heteroatoms. The molecule has 0 aliphatic carbocycles. The molecule has 1 aromatic carbocycles. The van der Waals surface area contributed by atoms with E-state index in [9.17, 15) is 0 Å². The van der Waals surface area contributed by atoms with E-state index in [1.165, 1.54) is 11.8 Å². The quantitative estimate of drug-likeness (QED) is 0.447. The minimum absolute atomic E-state index is 0.0381. The van der Waals surface area contributed by atoms with Crippen LogP contribution in [0.4, 0.5) is 5.69 Å². The first-order valence-corrected chi connectivity index (χ1v) is 8.62. The number of rotatable bonds is 4. The molecule has 0 bridgehead atoms. The highest BCUT2D eigenvalue weighted by atomic mass is 32.2. The molecular formula is C13H15N5O2S2. The lowest BCUT2D eigenvalue weighted by atomic mass is 10.1. The van der Waals surface area contributed by atoms with Crippen LogP contribution in [0.3, 0.4) is 0 Å². The lowest BCUT2D eigenvalue weighted by Gasteiger charge is -2.09. The number of benzene rings is 1. The van der Waals surface area contributed by atoms with Crippen molar-refractivity contribution < 1.29 is 9.15 Å². The van der Waals surface area contributed by atoms with Crippen LogP contribution in [0.25, 0.3) is 11.5 Å². The lowest BCUT2D eigenvalue weighted by Crippen LogP contribution is -2.09. The highest BCUT2D eigenvalue weighted by molar-refractivity contribution is 8.12. The first-order valence-electron chi connectivity index (χ1n) is 6.17. The van der Waals surface area contributed by atoms with Crippen LogP contribution in [0.2, 0.25) is 0 Å². The summed E-state index contributed by atoms with van der Waals surface area (Å²) in [7, 11) is 1.78. The Kier molecular flexibility index (Phi) is 5.45. The van der Waals surface area contributed by atoms with Gasteiger partial charge in [-0.05, 0) is 30.7 Å². The summed E-state index contributed by atoms with van der Waals surface area (Å²) in [6.07, 6.45) is 3.57. The molecule has 0 atom stereocenters. The van der Waals surface area contributed by atoms with Crippen molar-refractivity contribution >= 4 is 40.3 Å². The zero-order valence-electron chi connectivity index (χ0n) is 12.3. The third-order valence-electron chi connectivity index (χ3n) is 2.69. The molecule has 0 amide bonds. The largest absolute Gasteiger partial charge is 0.415 e. The molecule has 0 aliphatic rings. The topological polar surface area (TPSA) is 108 Å². The van der Waals surface area contributed by atoms with Crippen molar-refractivity contribution in [3.05, 3.63) is 23.8 Å². The van der Waals surface area contributed by atoms with Crippen LogP contribution in [-0.2, 0) is 4.74 Å². The maximum absolute atomic E-state index is 7.96. The van der Waals surface area contributed by atoms with E-state index in [0.717, 1.165) is 17.4 Å².